The number of hydrogen-bond donors (Lipinski definition) is 2. The van der Waals surface area contributed by atoms with Crippen LogP contribution in [-0.4, -0.2) is 28.9 Å². The van der Waals surface area contributed by atoms with Crippen molar-refractivity contribution in [1.82, 2.24) is 15.6 Å². The lowest BCUT2D eigenvalue weighted by Crippen LogP contribution is -2.59. The number of thiazole rings is 1. The van der Waals surface area contributed by atoms with Crippen molar-refractivity contribution < 1.29 is 9.59 Å². The monoisotopic (exact) mass is 391 g/mol. The fraction of sp³-hybridized carbons (Fsp3) is 0.526. The molecule has 1 aliphatic carbocycles. The van der Waals surface area contributed by atoms with Crippen LogP contribution in [0.3, 0.4) is 0 Å². The van der Waals surface area contributed by atoms with Gasteiger partial charge in [0.05, 0.1) is 11.1 Å². The van der Waals surface area contributed by atoms with Crippen LogP contribution in [0.1, 0.15) is 61.5 Å². The standard InChI is InChI=1S/C19H25N3O2S2/c1-2-3-11-20-18(24)19(9-5-4-6-10-19)22-16(23)15-13-21-17(26-15)14-8-7-12-25-14/h7-8,12-13H,2-6,9-11H2,1H3,(H,20,24)(H,22,23). The van der Waals surface area contributed by atoms with E-state index in [-0.39, 0.29) is 11.8 Å². The number of unbranched alkanes of at least 4 members (excludes halogenated alkanes) is 1. The van der Waals surface area contributed by atoms with Gasteiger partial charge in [-0.3, -0.25) is 9.59 Å². The van der Waals surface area contributed by atoms with Crippen molar-refractivity contribution in [3.8, 4) is 9.88 Å². The SMILES string of the molecule is CCCCNC(=O)C1(NC(=O)c2cnc(-c3cccs3)s2)CCCCC1. The molecule has 2 heterocycles. The molecular formula is C19H25N3O2S2. The number of aromatic nitrogens is 1. The van der Waals surface area contributed by atoms with Gasteiger partial charge >= 0.3 is 0 Å². The van der Waals surface area contributed by atoms with Gasteiger partial charge in [-0.2, -0.15) is 0 Å². The Morgan fingerprint density at radius 3 is 2.77 bits per heavy atom. The largest absolute Gasteiger partial charge is 0.354 e. The molecule has 2 aromatic rings. The van der Waals surface area contributed by atoms with Crippen LogP contribution in [0.25, 0.3) is 9.88 Å². The molecule has 0 aromatic carbocycles. The zero-order chi connectivity index (χ0) is 18.4. The first-order valence-electron chi connectivity index (χ1n) is 9.25. The van der Waals surface area contributed by atoms with Gasteiger partial charge in [-0.1, -0.05) is 38.7 Å². The number of nitrogens with one attached hydrogen (secondary N) is 2. The van der Waals surface area contributed by atoms with E-state index in [2.05, 4.69) is 22.5 Å². The molecule has 0 atom stereocenters. The molecule has 1 fully saturated rings. The third kappa shape index (κ3) is 4.32. The minimum atomic E-state index is -0.782. The molecule has 140 valence electrons. The molecule has 26 heavy (non-hydrogen) atoms. The first-order chi connectivity index (χ1) is 12.6. The molecule has 1 aliphatic rings. The Bertz CT molecular complexity index is 734. The van der Waals surface area contributed by atoms with Crippen molar-refractivity contribution in [2.24, 2.45) is 0 Å². The van der Waals surface area contributed by atoms with Crippen molar-refractivity contribution >= 4 is 34.5 Å². The predicted octanol–water partition coefficient (Wildman–Crippen LogP) is 4.22. The molecule has 2 N–H and O–H groups in total. The van der Waals surface area contributed by atoms with E-state index < -0.39 is 5.54 Å². The van der Waals surface area contributed by atoms with Gasteiger partial charge in [0.15, 0.2) is 0 Å². The van der Waals surface area contributed by atoms with Crippen LogP contribution in [0.2, 0.25) is 0 Å². The van der Waals surface area contributed by atoms with E-state index in [9.17, 15) is 9.59 Å². The summed E-state index contributed by atoms with van der Waals surface area (Å²) in [7, 11) is 0. The zero-order valence-corrected chi connectivity index (χ0v) is 16.7. The second-order valence-electron chi connectivity index (χ2n) is 6.71. The van der Waals surface area contributed by atoms with E-state index in [1.54, 1.807) is 17.5 Å². The second kappa shape index (κ2) is 8.77. The summed E-state index contributed by atoms with van der Waals surface area (Å²) in [6, 6.07) is 3.97. The number of carbonyl (C=O) groups excluding carboxylic acids is 2. The van der Waals surface area contributed by atoms with Crippen LogP contribution in [0, 0.1) is 0 Å². The van der Waals surface area contributed by atoms with Crippen molar-refractivity contribution in [3.63, 3.8) is 0 Å². The molecule has 5 nitrogen and oxygen atoms in total. The highest BCUT2D eigenvalue weighted by molar-refractivity contribution is 7.22. The number of hydrogen-bond acceptors (Lipinski definition) is 5. The smallest absolute Gasteiger partial charge is 0.263 e. The lowest BCUT2D eigenvalue weighted by Gasteiger charge is -2.36. The van der Waals surface area contributed by atoms with E-state index in [0.717, 1.165) is 42.0 Å². The van der Waals surface area contributed by atoms with Gasteiger partial charge in [-0.15, -0.1) is 22.7 Å². The van der Waals surface area contributed by atoms with Crippen LogP contribution in [0.15, 0.2) is 23.7 Å². The number of thiophene rings is 1. The molecule has 0 aliphatic heterocycles. The van der Waals surface area contributed by atoms with E-state index >= 15 is 0 Å². The van der Waals surface area contributed by atoms with E-state index in [1.165, 1.54) is 11.3 Å². The van der Waals surface area contributed by atoms with Gasteiger partial charge in [0, 0.05) is 6.54 Å². The maximum Gasteiger partial charge on any atom is 0.263 e. The maximum atomic E-state index is 12.8. The van der Waals surface area contributed by atoms with Crippen LogP contribution in [0.4, 0.5) is 0 Å². The molecule has 0 saturated heterocycles. The molecule has 2 aromatic heterocycles. The Morgan fingerprint density at radius 2 is 2.08 bits per heavy atom. The average Bonchev–Trinajstić information content (AvgIpc) is 3.34. The summed E-state index contributed by atoms with van der Waals surface area (Å²) < 4.78 is 0. The third-order valence-electron chi connectivity index (χ3n) is 4.77. The molecule has 1 saturated carbocycles. The highest BCUT2D eigenvalue weighted by atomic mass is 32.1. The number of amides is 2. The normalized spacial score (nSPS) is 16.2. The summed E-state index contributed by atoms with van der Waals surface area (Å²) in [6.45, 7) is 2.76. The predicted molar refractivity (Wildman–Crippen MR) is 107 cm³/mol. The summed E-state index contributed by atoms with van der Waals surface area (Å²) in [5.74, 6) is -0.236. The van der Waals surface area contributed by atoms with Gasteiger partial charge < -0.3 is 10.6 Å². The summed E-state index contributed by atoms with van der Waals surface area (Å²) in [5.41, 5.74) is -0.782. The minimum absolute atomic E-state index is 0.0398. The van der Waals surface area contributed by atoms with Gasteiger partial charge in [0.25, 0.3) is 5.91 Å². The average molecular weight is 392 g/mol. The van der Waals surface area contributed by atoms with E-state index in [1.807, 2.05) is 17.5 Å². The highest BCUT2D eigenvalue weighted by Crippen LogP contribution is 2.31. The van der Waals surface area contributed by atoms with Crippen LogP contribution >= 0.6 is 22.7 Å². The molecular weight excluding hydrogens is 366 g/mol. The summed E-state index contributed by atoms with van der Waals surface area (Å²) in [5, 5.41) is 8.91. The maximum absolute atomic E-state index is 12.8. The summed E-state index contributed by atoms with van der Waals surface area (Å²) >= 11 is 2.98. The molecule has 0 bridgehead atoms. The highest BCUT2D eigenvalue weighted by Gasteiger charge is 2.41. The van der Waals surface area contributed by atoms with Gasteiger partial charge in [0.2, 0.25) is 5.91 Å². The molecule has 0 radical (unpaired) electrons. The van der Waals surface area contributed by atoms with E-state index in [4.69, 9.17) is 0 Å². The fourth-order valence-corrected chi connectivity index (χ4v) is 4.90. The van der Waals surface area contributed by atoms with Crippen molar-refractivity contribution in [3.05, 3.63) is 28.6 Å². The van der Waals surface area contributed by atoms with Crippen LogP contribution < -0.4 is 10.6 Å². The number of rotatable bonds is 7. The minimum Gasteiger partial charge on any atom is -0.354 e. The summed E-state index contributed by atoms with van der Waals surface area (Å²) in [4.78, 5) is 31.6. The number of nitrogens with zero attached hydrogens (tertiary/aromatic N) is 1. The van der Waals surface area contributed by atoms with Gasteiger partial charge in [-0.05, 0) is 30.7 Å². The Balaban J connectivity index is 1.72. The Hall–Kier alpha value is -1.73. The molecule has 3 rings (SSSR count). The van der Waals surface area contributed by atoms with Gasteiger partial charge in [-0.25, -0.2) is 4.98 Å². The quantitative estimate of drug-likeness (QED) is 0.694. The number of carbonyl (C=O) groups is 2. The summed E-state index contributed by atoms with van der Waals surface area (Å²) in [6.07, 6.45) is 8.04. The lowest BCUT2D eigenvalue weighted by molar-refractivity contribution is -0.128. The Morgan fingerprint density at radius 1 is 1.27 bits per heavy atom. The van der Waals surface area contributed by atoms with Crippen LogP contribution in [0.5, 0.6) is 0 Å². The van der Waals surface area contributed by atoms with Gasteiger partial charge in [0.1, 0.15) is 15.4 Å². The molecule has 7 heteroatoms. The van der Waals surface area contributed by atoms with Crippen molar-refractivity contribution in [2.45, 2.75) is 57.4 Å². The molecule has 0 spiro atoms. The second-order valence-corrected chi connectivity index (χ2v) is 8.69. The Kier molecular flexibility index (Phi) is 6.43. The first-order valence-corrected chi connectivity index (χ1v) is 10.9. The Labute approximate surface area is 162 Å². The van der Waals surface area contributed by atoms with E-state index in [0.29, 0.717) is 24.3 Å². The first kappa shape index (κ1) is 19.0. The molecule has 0 unspecified atom stereocenters. The fourth-order valence-electron chi connectivity index (χ4n) is 3.28. The van der Waals surface area contributed by atoms with Crippen LogP contribution in [-0.2, 0) is 4.79 Å². The third-order valence-corrected chi connectivity index (χ3v) is 6.81. The van der Waals surface area contributed by atoms with Crippen molar-refractivity contribution in [2.75, 3.05) is 6.54 Å². The topological polar surface area (TPSA) is 71.1 Å². The zero-order valence-electron chi connectivity index (χ0n) is 15.0. The molecule has 2 amide bonds. The van der Waals surface area contributed by atoms with Crippen molar-refractivity contribution in [1.29, 1.82) is 0 Å². The lowest BCUT2D eigenvalue weighted by atomic mass is 9.80.